The predicted molar refractivity (Wildman–Crippen MR) is 111 cm³/mol. The van der Waals surface area contributed by atoms with Crippen molar-refractivity contribution in [2.24, 2.45) is 5.92 Å². The number of hydrogen-bond acceptors (Lipinski definition) is 6. The van der Waals surface area contributed by atoms with Crippen molar-refractivity contribution in [3.63, 3.8) is 0 Å². The van der Waals surface area contributed by atoms with Crippen LogP contribution in [0.15, 0.2) is 29.0 Å². The smallest absolute Gasteiger partial charge is 0.222 e. The molecule has 0 saturated carbocycles. The van der Waals surface area contributed by atoms with Gasteiger partial charge < -0.3 is 14.2 Å². The largest absolute Gasteiger partial charge is 0.377 e. The summed E-state index contributed by atoms with van der Waals surface area (Å²) in [6.45, 7) is 7.11. The molecule has 158 valence electrons. The molecule has 5 rings (SSSR count). The fraction of sp³-hybridized carbons (Fsp3) is 0.545. The lowest BCUT2D eigenvalue weighted by atomic mass is 9.92. The number of hydrogen-bond donors (Lipinski definition) is 0. The van der Waals surface area contributed by atoms with Crippen molar-refractivity contribution in [1.29, 1.82) is 0 Å². The van der Waals surface area contributed by atoms with Gasteiger partial charge in [0.1, 0.15) is 5.52 Å². The Labute approximate surface area is 175 Å². The molecule has 0 aliphatic carbocycles. The Balaban J connectivity index is 1.30. The molecule has 0 aromatic carbocycles. The molecule has 0 radical (unpaired) electrons. The first-order valence-corrected chi connectivity index (χ1v) is 10.7. The maximum atomic E-state index is 12.3. The zero-order valence-electron chi connectivity index (χ0n) is 17.5. The highest BCUT2D eigenvalue weighted by atomic mass is 16.5. The van der Waals surface area contributed by atoms with Gasteiger partial charge in [0, 0.05) is 43.3 Å². The fourth-order valence-corrected chi connectivity index (χ4v) is 4.24. The number of nitrogens with zero attached hydrogens (tertiary/aromatic N) is 5. The molecule has 0 unspecified atom stereocenters. The van der Waals surface area contributed by atoms with Crippen LogP contribution in [-0.2, 0) is 9.53 Å². The quantitative estimate of drug-likeness (QED) is 0.642. The number of carbonyl (C=O) groups excluding carboxylic acids is 1. The first-order valence-electron chi connectivity index (χ1n) is 10.7. The minimum absolute atomic E-state index is 0.261. The van der Waals surface area contributed by atoms with E-state index in [-0.39, 0.29) is 11.9 Å². The van der Waals surface area contributed by atoms with Crippen molar-refractivity contribution < 1.29 is 14.1 Å². The summed E-state index contributed by atoms with van der Waals surface area (Å²) >= 11 is 0. The van der Waals surface area contributed by atoms with E-state index in [1.165, 1.54) is 0 Å². The van der Waals surface area contributed by atoms with E-state index in [1.54, 1.807) is 6.20 Å². The van der Waals surface area contributed by atoms with Crippen molar-refractivity contribution in [2.75, 3.05) is 26.3 Å². The Bertz CT molecular complexity index is 1040. The number of ether oxygens (including phenoxy) is 1. The number of fused-ring (bicyclic) bond motifs is 1. The summed E-state index contributed by atoms with van der Waals surface area (Å²) in [6.07, 6.45) is 6.06. The van der Waals surface area contributed by atoms with Gasteiger partial charge in [-0.15, -0.1) is 0 Å². The lowest BCUT2D eigenvalue weighted by molar-refractivity contribution is -0.133. The average Bonchev–Trinajstić information content (AvgIpc) is 3.34. The van der Waals surface area contributed by atoms with Crippen LogP contribution in [0, 0.1) is 5.92 Å². The molecule has 2 fully saturated rings. The van der Waals surface area contributed by atoms with Crippen LogP contribution in [0.25, 0.3) is 22.4 Å². The first kappa shape index (κ1) is 19.2. The van der Waals surface area contributed by atoms with Gasteiger partial charge in [0.2, 0.25) is 5.91 Å². The molecule has 0 atom stereocenters. The number of carbonyl (C=O) groups is 1. The molecular weight excluding hydrogens is 382 g/mol. The monoisotopic (exact) mass is 409 g/mol. The van der Waals surface area contributed by atoms with Crippen LogP contribution in [0.1, 0.15) is 50.8 Å². The zero-order valence-corrected chi connectivity index (χ0v) is 17.5. The molecular formula is C22H27N5O3. The van der Waals surface area contributed by atoms with Crippen LogP contribution < -0.4 is 0 Å². The van der Waals surface area contributed by atoms with Crippen LogP contribution in [0.2, 0.25) is 0 Å². The van der Waals surface area contributed by atoms with E-state index in [0.29, 0.717) is 31.5 Å². The molecule has 1 amide bonds. The molecule has 2 aliphatic heterocycles. The SMILES string of the molecule is CC(C)CC(=O)N1CCC(c2cc(-c3cnc4cnn(C5COC5)c4c3)on2)CC1. The maximum Gasteiger partial charge on any atom is 0.222 e. The minimum atomic E-state index is 0.261. The third-order valence-corrected chi connectivity index (χ3v) is 6.08. The molecule has 0 bridgehead atoms. The lowest BCUT2D eigenvalue weighted by Gasteiger charge is -2.31. The summed E-state index contributed by atoms with van der Waals surface area (Å²) in [5, 5.41) is 8.80. The van der Waals surface area contributed by atoms with Crippen molar-refractivity contribution in [3.05, 3.63) is 30.2 Å². The van der Waals surface area contributed by atoms with Gasteiger partial charge in [-0.25, -0.2) is 0 Å². The van der Waals surface area contributed by atoms with Gasteiger partial charge in [0.15, 0.2) is 5.76 Å². The van der Waals surface area contributed by atoms with Crippen LogP contribution in [0.4, 0.5) is 0 Å². The summed E-state index contributed by atoms with van der Waals surface area (Å²) < 4.78 is 13.0. The van der Waals surface area contributed by atoms with E-state index in [9.17, 15) is 4.79 Å². The average molecular weight is 409 g/mol. The highest BCUT2D eigenvalue weighted by Crippen LogP contribution is 2.32. The van der Waals surface area contributed by atoms with Gasteiger partial charge >= 0.3 is 0 Å². The molecule has 0 N–H and O–H groups in total. The van der Waals surface area contributed by atoms with Crippen LogP contribution in [-0.4, -0.2) is 57.0 Å². The second-order valence-corrected chi connectivity index (χ2v) is 8.78. The van der Waals surface area contributed by atoms with E-state index < -0.39 is 0 Å². The summed E-state index contributed by atoms with van der Waals surface area (Å²) in [5.74, 6) is 1.69. The lowest BCUT2D eigenvalue weighted by Crippen LogP contribution is -2.38. The van der Waals surface area contributed by atoms with E-state index in [1.807, 2.05) is 21.8 Å². The molecule has 8 heteroatoms. The summed E-state index contributed by atoms with van der Waals surface area (Å²) in [4.78, 5) is 18.8. The Morgan fingerprint density at radius 1 is 1.20 bits per heavy atom. The van der Waals surface area contributed by atoms with Gasteiger partial charge in [-0.3, -0.25) is 14.5 Å². The van der Waals surface area contributed by atoms with Crippen molar-refractivity contribution >= 4 is 16.9 Å². The molecule has 5 heterocycles. The Hall–Kier alpha value is -2.74. The molecule has 3 aromatic rings. The molecule has 2 saturated heterocycles. The Morgan fingerprint density at radius 3 is 2.70 bits per heavy atom. The van der Waals surface area contributed by atoms with Gasteiger partial charge in [0.25, 0.3) is 0 Å². The van der Waals surface area contributed by atoms with E-state index >= 15 is 0 Å². The second-order valence-electron chi connectivity index (χ2n) is 8.78. The number of pyridine rings is 1. The van der Waals surface area contributed by atoms with Crippen LogP contribution >= 0.6 is 0 Å². The third-order valence-electron chi connectivity index (χ3n) is 6.08. The third kappa shape index (κ3) is 3.60. The van der Waals surface area contributed by atoms with Crippen LogP contribution in [0.3, 0.4) is 0 Å². The van der Waals surface area contributed by atoms with Crippen molar-refractivity contribution in [2.45, 2.75) is 45.1 Å². The summed E-state index contributed by atoms with van der Waals surface area (Å²) in [7, 11) is 0. The van der Waals surface area contributed by atoms with Crippen molar-refractivity contribution in [1.82, 2.24) is 24.8 Å². The number of amides is 1. The van der Waals surface area contributed by atoms with E-state index in [2.05, 4.69) is 35.2 Å². The normalized spacial score (nSPS) is 18.3. The molecule has 2 aliphatic rings. The number of aromatic nitrogens is 4. The van der Waals surface area contributed by atoms with E-state index in [4.69, 9.17) is 9.26 Å². The minimum Gasteiger partial charge on any atom is -0.377 e. The molecule has 30 heavy (non-hydrogen) atoms. The Kier molecular flexibility index (Phi) is 5.02. The molecule has 8 nitrogen and oxygen atoms in total. The predicted octanol–water partition coefficient (Wildman–Crippen LogP) is 3.41. The first-order chi connectivity index (χ1) is 14.6. The fourth-order valence-electron chi connectivity index (χ4n) is 4.24. The highest BCUT2D eigenvalue weighted by Gasteiger charge is 2.27. The number of likely N-dealkylation sites (tertiary alicyclic amines) is 1. The van der Waals surface area contributed by atoms with Crippen molar-refractivity contribution in [3.8, 4) is 11.3 Å². The van der Waals surface area contributed by atoms with Gasteiger partial charge in [-0.05, 0) is 24.8 Å². The second kappa shape index (κ2) is 7.83. The summed E-state index contributed by atoms with van der Waals surface area (Å²) in [5.41, 5.74) is 3.70. The molecule has 0 spiro atoms. The van der Waals surface area contributed by atoms with Gasteiger partial charge in [0.05, 0.1) is 36.7 Å². The van der Waals surface area contributed by atoms with E-state index in [0.717, 1.165) is 54.0 Å². The van der Waals surface area contributed by atoms with Crippen LogP contribution in [0.5, 0.6) is 0 Å². The maximum absolute atomic E-state index is 12.3. The number of rotatable bonds is 5. The Morgan fingerprint density at radius 2 is 2.00 bits per heavy atom. The topological polar surface area (TPSA) is 86.3 Å². The zero-order chi connectivity index (χ0) is 20.7. The summed E-state index contributed by atoms with van der Waals surface area (Å²) in [6, 6.07) is 4.35. The molecule has 3 aromatic heterocycles. The van der Waals surface area contributed by atoms with Gasteiger partial charge in [-0.2, -0.15) is 5.10 Å². The number of piperidine rings is 1. The standard InChI is InChI=1S/C22H27N5O3/c1-14(2)7-22(28)26-5-3-15(4-6-26)18-9-21(30-25-18)16-8-20-19(23-10-16)11-24-27(20)17-12-29-13-17/h8-11,14-15,17H,3-7,12-13H2,1-2H3. The van der Waals surface area contributed by atoms with Gasteiger partial charge in [-0.1, -0.05) is 19.0 Å². The highest BCUT2D eigenvalue weighted by molar-refractivity contribution is 5.79.